The lowest BCUT2D eigenvalue weighted by molar-refractivity contribution is -0.127. The Bertz CT molecular complexity index is 844. The number of rotatable bonds is 8. The molecule has 0 saturated heterocycles. The highest BCUT2D eigenvalue weighted by atomic mass is 127. The van der Waals surface area contributed by atoms with Crippen molar-refractivity contribution < 1.29 is 9.53 Å². The number of benzene rings is 1. The molecule has 3 rings (SSSR count). The SMILES string of the molecule is COc1ccc(CN=C(NCC(=O)N(C)C)NCc2ccn(C3CCCC3)n2)cc1.I. The number of amides is 1. The molecular weight excluding hydrogens is 507 g/mol. The Morgan fingerprint density at radius 1 is 1.19 bits per heavy atom. The first kappa shape index (κ1) is 25.0. The number of hydrogen-bond acceptors (Lipinski definition) is 4. The van der Waals surface area contributed by atoms with Crippen LogP contribution in [0.5, 0.6) is 5.75 Å². The zero-order valence-corrected chi connectivity index (χ0v) is 20.8. The van der Waals surface area contributed by atoms with E-state index in [1.807, 2.05) is 30.3 Å². The fraction of sp³-hybridized carbons (Fsp3) is 0.500. The first-order valence-corrected chi connectivity index (χ1v) is 10.4. The van der Waals surface area contributed by atoms with Gasteiger partial charge in [0.05, 0.1) is 38.5 Å². The van der Waals surface area contributed by atoms with Crippen molar-refractivity contribution in [2.45, 2.75) is 44.8 Å². The number of nitrogens with zero attached hydrogens (tertiary/aromatic N) is 4. The average molecular weight is 540 g/mol. The van der Waals surface area contributed by atoms with Crippen LogP contribution in [-0.2, 0) is 17.9 Å². The number of likely N-dealkylation sites (N-methyl/N-ethyl adjacent to an activating group) is 1. The number of carbonyl (C=O) groups is 1. The van der Waals surface area contributed by atoms with Crippen molar-refractivity contribution in [1.29, 1.82) is 0 Å². The normalized spacial score (nSPS) is 14.1. The molecule has 0 radical (unpaired) electrons. The summed E-state index contributed by atoms with van der Waals surface area (Å²) in [5.41, 5.74) is 2.01. The number of halogens is 1. The number of aromatic nitrogens is 2. The smallest absolute Gasteiger partial charge is 0.241 e. The van der Waals surface area contributed by atoms with Crippen LogP contribution < -0.4 is 15.4 Å². The van der Waals surface area contributed by atoms with Crippen molar-refractivity contribution in [2.24, 2.45) is 4.99 Å². The standard InChI is InChI=1S/C22H32N6O2.HI/c1-27(2)21(29)16-25-22(23-14-17-8-10-20(30-3)11-9-17)24-15-18-12-13-28(26-18)19-6-4-5-7-19;/h8-13,19H,4-7,14-16H2,1-3H3,(H2,23,24,25);1H. The van der Waals surface area contributed by atoms with Crippen molar-refractivity contribution in [3.05, 3.63) is 47.8 Å². The van der Waals surface area contributed by atoms with Crippen LogP contribution in [0.25, 0.3) is 0 Å². The van der Waals surface area contributed by atoms with E-state index in [1.165, 1.54) is 25.7 Å². The Morgan fingerprint density at radius 3 is 2.55 bits per heavy atom. The Morgan fingerprint density at radius 2 is 1.90 bits per heavy atom. The van der Waals surface area contributed by atoms with Crippen molar-refractivity contribution in [1.82, 2.24) is 25.3 Å². The fourth-order valence-corrected chi connectivity index (χ4v) is 3.41. The zero-order chi connectivity index (χ0) is 21.3. The summed E-state index contributed by atoms with van der Waals surface area (Å²) in [6.45, 7) is 1.22. The number of methoxy groups -OCH3 is 1. The van der Waals surface area contributed by atoms with Crippen molar-refractivity contribution in [3.63, 3.8) is 0 Å². The molecule has 9 heteroatoms. The van der Waals surface area contributed by atoms with E-state index in [1.54, 1.807) is 26.1 Å². The van der Waals surface area contributed by atoms with Gasteiger partial charge in [-0.15, -0.1) is 24.0 Å². The average Bonchev–Trinajstić information content (AvgIpc) is 3.45. The maximum absolute atomic E-state index is 12.0. The monoisotopic (exact) mass is 540 g/mol. The summed E-state index contributed by atoms with van der Waals surface area (Å²) in [6, 6.07) is 10.4. The van der Waals surface area contributed by atoms with Gasteiger partial charge in [0.25, 0.3) is 0 Å². The Hall–Kier alpha value is -2.30. The number of ether oxygens (including phenoxy) is 1. The number of hydrogen-bond donors (Lipinski definition) is 2. The van der Waals surface area contributed by atoms with Crippen LogP contribution in [-0.4, -0.2) is 54.3 Å². The second-order valence-electron chi connectivity index (χ2n) is 7.73. The molecule has 0 unspecified atom stereocenters. The molecule has 1 amide bonds. The summed E-state index contributed by atoms with van der Waals surface area (Å²) >= 11 is 0. The molecule has 170 valence electrons. The zero-order valence-electron chi connectivity index (χ0n) is 18.5. The van der Waals surface area contributed by atoms with Gasteiger partial charge in [-0.1, -0.05) is 25.0 Å². The topological polar surface area (TPSA) is 83.8 Å². The lowest BCUT2D eigenvalue weighted by atomic mass is 10.2. The maximum atomic E-state index is 12.0. The molecular formula is C22H33IN6O2. The quantitative estimate of drug-likeness (QED) is 0.306. The van der Waals surface area contributed by atoms with E-state index in [4.69, 9.17) is 9.84 Å². The van der Waals surface area contributed by atoms with Crippen molar-refractivity contribution in [2.75, 3.05) is 27.7 Å². The third-order valence-corrected chi connectivity index (χ3v) is 5.28. The summed E-state index contributed by atoms with van der Waals surface area (Å²) < 4.78 is 7.28. The number of guanidine groups is 1. The van der Waals surface area contributed by atoms with Gasteiger partial charge in [-0.25, -0.2) is 4.99 Å². The highest BCUT2D eigenvalue weighted by Crippen LogP contribution is 2.28. The molecule has 1 aliphatic carbocycles. The van der Waals surface area contributed by atoms with Crippen LogP contribution in [0.4, 0.5) is 0 Å². The van der Waals surface area contributed by atoms with Crippen LogP contribution in [0.2, 0.25) is 0 Å². The minimum absolute atomic E-state index is 0. The molecule has 1 aromatic carbocycles. The fourth-order valence-electron chi connectivity index (χ4n) is 3.41. The summed E-state index contributed by atoms with van der Waals surface area (Å²) in [4.78, 5) is 18.1. The van der Waals surface area contributed by atoms with Crippen LogP contribution >= 0.6 is 24.0 Å². The highest BCUT2D eigenvalue weighted by molar-refractivity contribution is 14.0. The number of carbonyl (C=O) groups excluding carboxylic acids is 1. The van der Waals surface area contributed by atoms with Gasteiger partial charge < -0.3 is 20.3 Å². The van der Waals surface area contributed by atoms with Gasteiger partial charge in [0.15, 0.2) is 5.96 Å². The van der Waals surface area contributed by atoms with Gasteiger partial charge in [0, 0.05) is 20.3 Å². The van der Waals surface area contributed by atoms with Crippen LogP contribution in [0.3, 0.4) is 0 Å². The van der Waals surface area contributed by atoms with E-state index >= 15 is 0 Å². The largest absolute Gasteiger partial charge is 0.497 e. The van der Waals surface area contributed by atoms with Crippen LogP contribution in [0.15, 0.2) is 41.5 Å². The molecule has 1 aliphatic rings. The van der Waals surface area contributed by atoms with Crippen LogP contribution in [0.1, 0.15) is 43.0 Å². The molecule has 0 bridgehead atoms. The molecule has 1 saturated carbocycles. The van der Waals surface area contributed by atoms with E-state index in [0.29, 0.717) is 25.1 Å². The van der Waals surface area contributed by atoms with Gasteiger partial charge in [-0.05, 0) is 36.6 Å². The Kier molecular flexibility index (Phi) is 10.1. The summed E-state index contributed by atoms with van der Waals surface area (Å²) in [7, 11) is 5.12. The number of aliphatic imine (C=N–C) groups is 1. The third kappa shape index (κ3) is 7.71. The lowest BCUT2D eigenvalue weighted by Gasteiger charge is -2.15. The van der Waals surface area contributed by atoms with Crippen molar-refractivity contribution >= 4 is 35.8 Å². The van der Waals surface area contributed by atoms with Gasteiger partial charge >= 0.3 is 0 Å². The minimum Gasteiger partial charge on any atom is -0.497 e. The molecule has 2 aromatic rings. The molecule has 1 aromatic heterocycles. The van der Waals surface area contributed by atoms with Crippen molar-refractivity contribution in [3.8, 4) is 5.75 Å². The summed E-state index contributed by atoms with van der Waals surface area (Å²) in [6.07, 6.45) is 7.03. The van der Waals surface area contributed by atoms with Gasteiger partial charge in [-0.2, -0.15) is 5.10 Å². The first-order valence-electron chi connectivity index (χ1n) is 10.4. The number of nitrogens with one attached hydrogen (secondary N) is 2. The minimum atomic E-state index is -0.0144. The van der Waals surface area contributed by atoms with Gasteiger partial charge in [0.2, 0.25) is 5.91 Å². The third-order valence-electron chi connectivity index (χ3n) is 5.28. The summed E-state index contributed by atoms with van der Waals surface area (Å²) in [5, 5.41) is 11.1. The molecule has 0 aliphatic heterocycles. The van der Waals surface area contributed by atoms with E-state index < -0.39 is 0 Å². The molecule has 8 nitrogen and oxygen atoms in total. The van der Waals surface area contributed by atoms with Gasteiger partial charge in [-0.3, -0.25) is 9.48 Å². The molecule has 31 heavy (non-hydrogen) atoms. The van der Waals surface area contributed by atoms with E-state index in [0.717, 1.165) is 17.0 Å². The predicted molar refractivity (Wildman–Crippen MR) is 133 cm³/mol. The molecule has 1 fully saturated rings. The molecule has 2 N–H and O–H groups in total. The summed E-state index contributed by atoms with van der Waals surface area (Å²) in [5.74, 6) is 1.38. The second kappa shape index (κ2) is 12.5. The lowest BCUT2D eigenvalue weighted by Crippen LogP contribution is -2.42. The van der Waals surface area contributed by atoms with E-state index in [9.17, 15) is 4.79 Å². The van der Waals surface area contributed by atoms with E-state index in [-0.39, 0.29) is 36.4 Å². The molecule has 0 atom stereocenters. The van der Waals surface area contributed by atoms with Crippen LogP contribution in [0, 0.1) is 0 Å². The van der Waals surface area contributed by atoms with Gasteiger partial charge in [0.1, 0.15) is 5.75 Å². The van der Waals surface area contributed by atoms with E-state index in [2.05, 4.69) is 26.5 Å². The Labute approximate surface area is 201 Å². The highest BCUT2D eigenvalue weighted by Gasteiger charge is 2.17. The Balaban J connectivity index is 0.00000341. The predicted octanol–water partition coefficient (Wildman–Crippen LogP) is 2.95. The first-order chi connectivity index (χ1) is 14.5. The second-order valence-corrected chi connectivity index (χ2v) is 7.73. The molecule has 0 spiro atoms. The molecule has 1 heterocycles. The maximum Gasteiger partial charge on any atom is 0.241 e.